The Balaban J connectivity index is 1.68. The van der Waals surface area contributed by atoms with Gasteiger partial charge in [-0.05, 0) is 37.5 Å². The van der Waals surface area contributed by atoms with Crippen molar-refractivity contribution in [2.24, 2.45) is 0 Å². The second-order valence-corrected chi connectivity index (χ2v) is 7.26. The van der Waals surface area contributed by atoms with Gasteiger partial charge in [-0.25, -0.2) is 4.79 Å². The molecule has 0 radical (unpaired) electrons. The molecule has 2 N–H and O–H groups in total. The number of urea groups is 1. The lowest BCUT2D eigenvalue weighted by molar-refractivity contribution is -0.134. The normalized spacial score (nSPS) is 19.7. The van der Waals surface area contributed by atoms with Crippen LogP contribution in [0.3, 0.4) is 0 Å². The summed E-state index contributed by atoms with van der Waals surface area (Å²) in [7, 11) is 0. The van der Waals surface area contributed by atoms with Crippen LogP contribution in [0.1, 0.15) is 44.1 Å². The van der Waals surface area contributed by atoms with Gasteiger partial charge in [-0.2, -0.15) is 0 Å². The zero-order valence-electron chi connectivity index (χ0n) is 14.2. The van der Waals surface area contributed by atoms with Crippen molar-refractivity contribution in [2.45, 2.75) is 51.0 Å². The van der Waals surface area contributed by atoms with E-state index in [1.807, 2.05) is 13.0 Å². The summed E-state index contributed by atoms with van der Waals surface area (Å²) in [6.07, 6.45) is 5.23. The molecule has 1 saturated carbocycles. The van der Waals surface area contributed by atoms with E-state index in [1.54, 1.807) is 12.1 Å². The zero-order chi connectivity index (χ0) is 18.0. The number of benzene rings is 1. The molecule has 1 saturated heterocycles. The molecule has 0 aromatic heterocycles. The summed E-state index contributed by atoms with van der Waals surface area (Å²) in [6, 6.07) is 4.78. The van der Waals surface area contributed by atoms with Gasteiger partial charge in [0.1, 0.15) is 12.1 Å². The molecule has 4 amide bonds. The van der Waals surface area contributed by atoms with Crippen molar-refractivity contribution in [3.63, 3.8) is 0 Å². The largest absolute Gasteiger partial charge is 0.325 e. The van der Waals surface area contributed by atoms with Crippen molar-refractivity contribution in [3.8, 4) is 0 Å². The maximum absolute atomic E-state index is 12.8. The van der Waals surface area contributed by atoms with Gasteiger partial charge in [-0.1, -0.05) is 43.4 Å². The van der Waals surface area contributed by atoms with Crippen molar-refractivity contribution >= 4 is 35.1 Å². The number of carbonyl (C=O) groups is 3. The van der Waals surface area contributed by atoms with Crippen LogP contribution >= 0.6 is 11.6 Å². The second kappa shape index (κ2) is 7.04. The minimum absolute atomic E-state index is 0.287. The Hall–Kier alpha value is -2.08. The Kier molecular flexibility index (Phi) is 4.99. The van der Waals surface area contributed by atoms with Gasteiger partial charge in [0, 0.05) is 0 Å². The standard InChI is InChI=1S/C18H22ClN3O3/c1-12-6-7-14(13(19)10-12)20-15(23)11-22-16(24)18(21-17(22)25)8-4-2-3-5-9-18/h6-7,10H,2-5,8-9,11H2,1H3,(H,20,23)(H,21,25). The van der Waals surface area contributed by atoms with Crippen molar-refractivity contribution in [1.82, 2.24) is 10.2 Å². The fourth-order valence-electron chi connectivity index (χ4n) is 3.55. The molecule has 25 heavy (non-hydrogen) atoms. The third-order valence-electron chi connectivity index (χ3n) is 4.90. The predicted molar refractivity (Wildman–Crippen MR) is 95.5 cm³/mol. The zero-order valence-corrected chi connectivity index (χ0v) is 15.0. The molecule has 134 valence electrons. The Morgan fingerprint density at radius 2 is 1.92 bits per heavy atom. The molecule has 0 unspecified atom stereocenters. The lowest BCUT2D eigenvalue weighted by Crippen LogP contribution is -2.47. The number of imide groups is 1. The number of halogens is 1. The van der Waals surface area contributed by atoms with Crippen molar-refractivity contribution in [2.75, 3.05) is 11.9 Å². The summed E-state index contributed by atoms with van der Waals surface area (Å²) in [4.78, 5) is 38.3. The van der Waals surface area contributed by atoms with Crippen molar-refractivity contribution < 1.29 is 14.4 Å². The molecule has 1 heterocycles. The summed E-state index contributed by atoms with van der Waals surface area (Å²) >= 11 is 6.11. The highest BCUT2D eigenvalue weighted by atomic mass is 35.5. The minimum atomic E-state index is -0.824. The van der Waals surface area contributed by atoms with Gasteiger partial charge in [0.15, 0.2) is 0 Å². The average molecular weight is 364 g/mol. The number of nitrogens with one attached hydrogen (secondary N) is 2. The van der Waals surface area contributed by atoms with E-state index in [2.05, 4.69) is 10.6 Å². The third-order valence-corrected chi connectivity index (χ3v) is 5.22. The summed E-state index contributed by atoms with van der Waals surface area (Å²) in [5, 5.41) is 5.91. The Labute approximate surface area is 151 Å². The number of nitrogens with zero attached hydrogens (tertiary/aromatic N) is 1. The first kappa shape index (κ1) is 17.7. The van der Waals surface area contributed by atoms with Crippen LogP contribution in [-0.4, -0.2) is 34.8 Å². The molecular formula is C18H22ClN3O3. The van der Waals surface area contributed by atoms with Crippen LogP contribution in [0.2, 0.25) is 5.02 Å². The van der Waals surface area contributed by atoms with Crippen LogP contribution in [0, 0.1) is 6.92 Å². The van der Waals surface area contributed by atoms with E-state index in [9.17, 15) is 14.4 Å². The van der Waals surface area contributed by atoms with Crippen LogP contribution in [0.25, 0.3) is 0 Å². The van der Waals surface area contributed by atoms with Crippen LogP contribution in [0.5, 0.6) is 0 Å². The number of carbonyl (C=O) groups excluding carboxylic acids is 3. The first-order valence-electron chi connectivity index (χ1n) is 8.61. The van der Waals surface area contributed by atoms with E-state index in [4.69, 9.17) is 11.6 Å². The number of hydrogen-bond donors (Lipinski definition) is 2. The van der Waals surface area contributed by atoms with Gasteiger partial charge >= 0.3 is 6.03 Å². The Morgan fingerprint density at radius 1 is 1.24 bits per heavy atom. The van der Waals surface area contributed by atoms with E-state index in [0.29, 0.717) is 23.6 Å². The third kappa shape index (κ3) is 3.63. The van der Waals surface area contributed by atoms with Gasteiger partial charge in [-0.15, -0.1) is 0 Å². The molecule has 6 nitrogen and oxygen atoms in total. The summed E-state index contributed by atoms with van der Waals surface area (Å²) < 4.78 is 0. The van der Waals surface area contributed by atoms with Crippen molar-refractivity contribution in [1.29, 1.82) is 0 Å². The van der Waals surface area contributed by atoms with Gasteiger partial charge in [0.05, 0.1) is 10.7 Å². The average Bonchev–Trinajstić information content (AvgIpc) is 2.73. The topological polar surface area (TPSA) is 78.5 Å². The molecule has 7 heteroatoms. The lowest BCUT2D eigenvalue weighted by atomic mass is 9.90. The maximum atomic E-state index is 12.8. The molecule has 1 aliphatic heterocycles. The van der Waals surface area contributed by atoms with Crippen LogP contribution in [0.4, 0.5) is 10.5 Å². The minimum Gasteiger partial charge on any atom is -0.323 e. The fourth-order valence-corrected chi connectivity index (χ4v) is 3.83. The molecule has 1 aromatic rings. The molecule has 1 spiro atoms. The Bertz CT molecular complexity index is 712. The first-order valence-corrected chi connectivity index (χ1v) is 8.99. The first-order chi connectivity index (χ1) is 11.9. The smallest absolute Gasteiger partial charge is 0.323 e. The SMILES string of the molecule is Cc1ccc(NC(=O)CN2C(=O)NC3(CCCCCC3)C2=O)c(Cl)c1. The monoisotopic (exact) mass is 363 g/mol. The number of rotatable bonds is 3. The van der Waals surface area contributed by atoms with Gasteiger partial charge < -0.3 is 10.6 Å². The van der Waals surface area contributed by atoms with E-state index < -0.39 is 17.5 Å². The highest BCUT2D eigenvalue weighted by Gasteiger charge is 2.51. The van der Waals surface area contributed by atoms with E-state index in [0.717, 1.165) is 36.1 Å². The Morgan fingerprint density at radius 3 is 2.56 bits per heavy atom. The van der Waals surface area contributed by atoms with Crippen LogP contribution in [0.15, 0.2) is 18.2 Å². The van der Waals surface area contributed by atoms with Crippen LogP contribution in [-0.2, 0) is 9.59 Å². The number of hydrogen-bond acceptors (Lipinski definition) is 3. The molecule has 1 aromatic carbocycles. The predicted octanol–water partition coefficient (Wildman–Crippen LogP) is 3.23. The lowest BCUT2D eigenvalue weighted by Gasteiger charge is -2.24. The molecule has 2 fully saturated rings. The molecular weight excluding hydrogens is 342 g/mol. The highest BCUT2D eigenvalue weighted by Crippen LogP contribution is 2.32. The van der Waals surface area contributed by atoms with E-state index in [-0.39, 0.29) is 12.5 Å². The number of anilines is 1. The fraction of sp³-hybridized carbons (Fsp3) is 0.500. The molecule has 1 aliphatic carbocycles. The van der Waals surface area contributed by atoms with Gasteiger partial charge in [0.25, 0.3) is 5.91 Å². The molecule has 3 rings (SSSR count). The maximum Gasteiger partial charge on any atom is 0.325 e. The van der Waals surface area contributed by atoms with Gasteiger partial charge in [-0.3, -0.25) is 14.5 Å². The van der Waals surface area contributed by atoms with Crippen LogP contribution < -0.4 is 10.6 Å². The second-order valence-electron chi connectivity index (χ2n) is 6.85. The summed E-state index contributed by atoms with van der Waals surface area (Å²) in [5.74, 6) is -0.732. The number of amides is 4. The van der Waals surface area contributed by atoms with Gasteiger partial charge in [0.2, 0.25) is 5.91 Å². The van der Waals surface area contributed by atoms with E-state index >= 15 is 0 Å². The molecule has 0 atom stereocenters. The molecule has 0 bridgehead atoms. The summed E-state index contributed by atoms with van der Waals surface area (Å²) in [5.41, 5.74) is 0.621. The number of aryl methyl sites for hydroxylation is 1. The molecule has 2 aliphatic rings. The van der Waals surface area contributed by atoms with E-state index in [1.165, 1.54) is 0 Å². The quantitative estimate of drug-likeness (QED) is 0.809. The van der Waals surface area contributed by atoms with Crippen molar-refractivity contribution in [3.05, 3.63) is 28.8 Å². The summed E-state index contributed by atoms with van der Waals surface area (Å²) in [6.45, 7) is 1.59. The highest BCUT2D eigenvalue weighted by molar-refractivity contribution is 6.33.